The summed E-state index contributed by atoms with van der Waals surface area (Å²) < 4.78 is 17.0. The average molecular weight is 342 g/mol. The molecule has 0 aliphatic rings. The number of hydrogen-bond acceptors (Lipinski definition) is 2. The van der Waals surface area contributed by atoms with Crippen molar-refractivity contribution in [1.82, 2.24) is 0 Å². The van der Waals surface area contributed by atoms with Crippen LogP contribution in [0.3, 0.4) is 0 Å². The summed E-state index contributed by atoms with van der Waals surface area (Å²) in [6.45, 7) is 4.36. The van der Waals surface area contributed by atoms with Gasteiger partial charge in [-0.3, -0.25) is 0 Å². The normalized spacial score (nSPS) is 8.55. The summed E-state index contributed by atoms with van der Waals surface area (Å²) in [6.07, 6.45) is 2.64. The van der Waals surface area contributed by atoms with Gasteiger partial charge in [0.15, 0.2) is 0 Å². The lowest BCUT2D eigenvalue weighted by Gasteiger charge is -1.98. The monoisotopic (exact) mass is 342 g/mol. The minimum atomic E-state index is -1.17. The van der Waals surface area contributed by atoms with E-state index in [1.807, 2.05) is 12.1 Å². The van der Waals surface area contributed by atoms with Crippen molar-refractivity contribution in [2.45, 2.75) is 26.7 Å². The molecule has 2 rings (SSSR count). The smallest absolute Gasteiger partial charge is 0.162 e. The van der Waals surface area contributed by atoms with Gasteiger partial charge in [-0.15, -0.1) is 0 Å². The van der Waals surface area contributed by atoms with Crippen molar-refractivity contribution in [1.29, 1.82) is 0 Å². The topological polar surface area (TPSA) is 74.6 Å². The lowest BCUT2D eigenvalue weighted by Crippen LogP contribution is -1.73. The highest BCUT2D eigenvalue weighted by Crippen LogP contribution is 2.17. The summed E-state index contributed by atoms with van der Waals surface area (Å²) in [6, 6.07) is 20.8. The third kappa shape index (κ3) is 15.0. The van der Waals surface area contributed by atoms with E-state index >= 15 is 0 Å². The molecule has 120 valence electrons. The summed E-state index contributed by atoms with van der Waals surface area (Å²) in [4.78, 5) is 14.1. The summed E-state index contributed by atoms with van der Waals surface area (Å²) >= 11 is 0. The van der Waals surface area contributed by atoms with Gasteiger partial charge in [0.1, 0.15) is 0 Å². The Morgan fingerprint density at radius 2 is 0.909 bits per heavy atom. The summed E-state index contributed by atoms with van der Waals surface area (Å²) in [5, 5.41) is 0. The van der Waals surface area contributed by atoms with Gasteiger partial charge in [-0.1, -0.05) is 87.4 Å². The van der Waals surface area contributed by atoms with Crippen molar-refractivity contribution in [2.75, 3.05) is 0 Å². The molecule has 0 aromatic heterocycles. The molecule has 0 aliphatic carbocycles. The quantitative estimate of drug-likeness (QED) is 0.754. The first kappa shape index (κ1) is 22.8. The summed E-state index contributed by atoms with van der Waals surface area (Å²) in [5.41, 5.74) is 2.55. The maximum Gasteiger partial charge on any atom is 0.491 e. The van der Waals surface area contributed by atoms with Crippen LogP contribution in [-0.2, 0) is 9.13 Å². The SMILES string of the molecule is CCCC.O=[PH+]O.O=[PH+]O.c1ccc(-c2ccccc2)cc1. The second kappa shape index (κ2) is 19.6. The molecular formula is C16H24O4P2+2. The van der Waals surface area contributed by atoms with Crippen LogP contribution in [0, 0.1) is 0 Å². The zero-order chi connectivity index (χ0) is 17.1. The predicted molar refractivity (Wildman–Crippen MR) is 94.9 cm³/mol. The molecule has 0 saturated carbocycles. The highest BCUT2D eigenvalue weighted by Gasteiger charge is 1.91. The molecule has 0 spiro atoms. The van der Waals surface area contributed by atoms with Gasteiger partial charge in [0, 0.05) is 0 Å². The van der Waals surface area contributed by atoms with Crippen LogP contribution >= 0.6 is 17.4 Å². The van der Waals surface area contributed by atoms with Crippen LogP contribution in [0.15, 0.2) is 60.7 Å². The molecule has 0 radical (unpaired) electrons. The van der Waals surface area contributed by atoms with Crippen LogP contribution in [0.4, 0.5) is 0 Å². The fourth-order valence-electron chi connectivity index (χ4n) is 1.26. The molecule has 2 aromatic rings. The van der Waals surface area contributed by atoms with Gasteiger partial charge in [0.25, 0.3) is 0 Å². The lowest BCUT2D eigenvalue weighted by molar-refractivity contribution is 0.523. The molecule has 2 N–H and O–H groups in total. The van der Waals surface area contributed by atoms with Gasteiger partial charge in [-0.25, -0.2) is 0 Å². The summed E-state index contributed by atoms with van der Waals surface area (Å²) in [5.74, 6) is 0. The highest BCUT2D eigenvalue weighted by atomic mass is 31.1. The Kier molecular flexibility index (Phi) is 20.3. The van der Waals surface area contributed by atoms with Crippen molar-refractivity contribution < 1.29 is 18.9 Å². The predicted octanol–water partition coefficient (Wildman–Crippen LogP) is 5.00. The van der Waals surface area contributed by atoms with E-state index in [9.17, 15) is 0 Å². The van der Waals surface area contributed by atoms with Crippen molar-refractivity contribution in [3.8, 4) is 11.1 Å². The Balaban J connectivity index is 0. The maximum atomic E-state index is 8.51. The van der Waals surface area contributed by atoms with Gasteiger partial charge in [0.05, 0.1) is 0 Å². The fraction of sp³-hybridized carbons (Fsp3) is 0.250. The largest absolute Gasteiger partial charge is 0.491 e. The molecule has 0 fully saturated rings. The van der Waals surface area contributed by atoms with E-state index in [-0.39, 0.29) is 0 Å². The molecule has 2 unspecified atom stereocenters. The van der Waals surface area contributed by atoms with E-state index in [0.717, 1.165) is 0 Å². The maximum absolute atomic E-state index is 8.51. The van der Waals surface area contributed by atoms with Crippen LogP contribution < -0.4 is 0 Å². The van der Waals surface area contributed by atoms with E-state index in [0.29, 0.717) is 0 Å². The number of benzene rings is 2. The van der Waals surface area contributed by atoms with Gasteiger partial charge >= 0.3 is 17.4 Å². The van der Waals surface area contributed by atoms with Crippen LogP contribution in [0.25, 0.3) is 11.1 Å². The van der Waals surface area contributed by atoms with Crippen molar-refractivity contribution >= 4 is 17.4 Å². The number of hydrogen-bond donors (Lipinski definition) is 2. The van der Waals surface area contributed by atoms with Crippen LogP contribution in [0.5, 0.6) is 0 Å². The lowest BCUT2D eigenvalue weighted by atomic mass is 10.1. The first-order valence-corrected chi connectivity index (χ1v) is 8.55. The molecule has 0 saturated heterocycles. The molecule has 0 heterocycles. The van der Waals surface area contributed by atoms with Crippen molar-refractivity contribution in [2.24, 2.45) is 0 Å². The Morgan fingerprint density at radius 3 is 1.09 bits per heavy atom. The van der Waals surface area contributed by atoms with E-state index in [1.165, 1.54) is 24.0 Å². The Hall–Kier alpha value is -1.44. The average Bonchev–Trinajstić information content (AvgIpc) is 2.58. The molecule has 2 aromatic carbocycles. The fourth-order valence-corrected chi connectivity index (χ4v) is 1.26. The second-order valence-corrected chi connectivity index (χ2v) is 4.28. The van der Waals surface area contributed by atoms with Gasteiger partial charge < -0.3 is 0 Å². The standard InChI is InChI=1S/C12H10.C4H10.2HO2P/c1-3-7-11(8-4-1)12-9-5-2-6-10-12;1-3-4-2;2*1-3-2/h1-10H;3-4H2,1-2H3;2*3H/p+2. The third-order valence-corrected chi connectivity index (χ3v) is 2.38. The molecule has 0 aliphatic heterocycles. The highest BCUT2D eigenvalue weighted by molar-refractivity contribution is 7.16. The van der Waals surface area contributed by atoms with E-state index < -0.39 is 17.4 Å². The van der Waals surface area contributed by atoms with E-state index in [4.69, 9.17) is 18.9 Å². The minimum absolute atomic E-state index is 1.17. The van der Waals surface area contributed by atoms with Crippen LogP contribution in [-0.4, -0.2) is 9.79 Å². The van der Waals surface area contributed by atoms with Gasteiger partial charge in [-0.05, 0) is 20.3 Å². The molecule has 6 heteroatoms. The van der Waals surface area contributed by atoms with Crippen molar-refractivity contribution in [3.63, 3.8) is 0 Å². The first-order valence-electron chi connectivity index (χ1n) is 6.84. The molecule has 22 heavy (non-hydrogen) atoms. The Bertz CT molecular complexity index is 419. The molecule has 0 bridgehead atoms. The second-order valence-electron chi connectivity index (χ2n) is 3.91. The van der Waals surface area contributed by atoms with Gasteiger partial charge in [0.2, 0.25) is 0 Å². The third-order valence-electron chi connectivity index (χ3n) is 2.38. The number of rotatable bonds is 2. The first-order chi connectivity index (χ1) is 10.7. The minimum Gasteiger partial charge on any atom is -0.162 e. The van der Waals surface area contributed by atoms with Crippen molar-refractivity contribution in [3.05, 3.63) is 60.7 Å². The zero-order valence-electron chi connectivity index (χ0n) is 12.9. The number of unbranched alkanes of at least 4 members (excludes halogenated alkanes) is 1. The van der Waals surface area contributed by atoms with E-state index in [1.54, 1.807) is 0 Å². The van der Waals surface area contributed by atoms with Gasteiger partial charge in [-0.2, -0.15) is 9.79 Å². The van der Waals surface area contributed by atoms with Crippen LogP contribution in [0.1, 0.15) is 26.7 Å². The molecule has 0 amide bonds. The Morgan fingerprint density at radius 1 is 0.682 bits per heavy atom. The Labute approximate surface area is 135 Å². The molecular weight excluding hydrogens is 318 g/mol. The summed E-state index contributed by atoms with van der Waals surface area (Å²) in [7, 11) is -2.33. The zero-order valence-corrected chi connectivity index (χ0v) is 14.9. The molecule has 4 nitrogen and oxygen atoms in total. The van der Waals surface area contributed by atoms with E-state index in [2.05, 4.69) is 62.4 Å². The van der Waals surface area contributed by atoms with Crippen LogP contribution in [0.2, 0.25) is 0 Å². The molecule has 2 atom stereocenters.